The maximum Gasteiger partial charge on any atom is 0.245 e. The van der Waals surface area contributed by atoms with Gasteiger partial charge in [-0.1, -0.05) is 75.8 Å². The number of nitrogens with one attached hydrogen (secondary N) is 1. The second kappa shape index (κ2) is 51.6. The predicted octanol–water partition coefficient (Wildman–Crippen LogP) is 8.93. The highest BCUT2D eigenvalue weighted by Crippen LogP contribution is 2.01. The number of rotatable bonds is 16. The van der Waals surface area contributed by atoms with Crippen molar-refractivity contribution < 1.29 is 28.8 Å². The molecule has 0 bridgehead atoms. The summed E-state index contributed by atoms with van der Waals surface area (Å²) in [6.45, 7) is 19.4. The minimum Gasteiger partial charge on any atom is -0.362 e. The summed E-state index contributed by atoms with van der Waals surface area (Å²) in [6.07, 6.45) is 3.52. The lowest BCUT2D eigenvalue weighted by Gasteiger charge is -1.99. The van der Waals surface area contributed by atoms with E-state index in [0.29, 0.717) is 51.4 Å². The number of Topliss-reactive ketones (excluding diaryl/α,β-unsaturated/α-hetero) is 4. The molecule has 0 saturated heterocycles. The van der Waals surface area contributed by atoms with Gasteiger partial charge in [0.1, 0.15) is 23.1 Å². The van der Waals surface area contributed by atoms with Gasteiger partial charge >= 0.3 is 0 Å². The molecule has 0 aliphatic carbocycles. The van der Waals surface area contributed by atoms with Crippen molar-refractivity contribution in [3.63, 3.8) is 0 Å². The van der Waals surface area contributed by atoms with Crippen LogP contribution < -0.4 is 0 Å². The maximum absolute atomic E-state index is 10.7. The number of carbonyl (C=O) groups is 4. The van der Waals surface area contributed by atoms with Crippen molar-refractivity contribution in [1.82, 2.24) is 0 Å². The van der Waals surface area contributed by atoms with E-state index in [0.717, 1.165) is 0 Å². The van der Waals surface area contributed by atoms with Gasteiger partial charge in [0, 0.05) is 95.2 Å². The lowest BCUT2D eigenvalue weighted by Crippen LogP contribution is -2.05. The third kappa shape index (κ3) is 74.7. The molecule has 272 valence electrons. The zero-order valence-electron chi connectivity index (χ0n) is 29.6. The standard InChI is InChI=1S/4C6H11N3O.2CH2N2.HN3/c4*1-3-6(10)4-5(2)8-9-7;3*1-3-2/h4*5H,3-4H2,1-2H3;2*1H2;1H/t4*5-;;;/m1111.../s1. The first-order valence-corrected chi connectivity index (χ1v) is 14.5. The molecule has 0 aromatic carbocycles. The second-order valence-electron chi connectivity index (χ2n) is 8.98. The summed E-state index contributed by atoms with van der Waals surface area (Å²) < 4.78 is 0. The third-order valence-corrected chi connectivity index (χ3v) is 4.66. The summed E-state index contributed by atoms with van der Waals surface area (Å²) >= 11 is 0. The normalized spacial score (nSPS) is 10.1. The van der Waals surface area contributed by atoms with E-state index in [4.69, 9.17) is 44.2 Å². The molecule has 0 fully saturated rings. The summed E-state index contributed by atoms with van der Waals surface area (Å²) in [5.41, 5.74) is 58.3. The number of hydrogen-bond acceptors (Lipinski definition) is 9. The molecule has 0 heterocycles. The molecule has 0 aliphatic rings. The van der Waals surface area contributed by atoms with Crippen molar-refractivity contribution in [1.29, 1.82) is 5.53 Å². The predicted molar refractivity (Wildman–Crippen MR) is 185 cm³/mol. The van der Waals surface area contributed by atoms with Crippen LogP contribution in [0.25, 0.3) is 63.3 Å². The molecule has 0 spiro atoms. The van der Waals surface area contributed by atoms with E-state index < -0.39 is 0 Å². The van der Waals surface area contributed by atoms with E-state index in [9.17, 15) is 19.2 Å². The van der Waals surface area contributed by atoms with Crippen LogP contribution in [0.15, 0.2) is 20.5 Å². The fourth-order valence-electron chi connectivity index (χ4n) is 2.41. The molecule has 1 N–H and O–H groups in total. The second-order valence-corrected chi connectivity index (χ2v) is 8.98. The topological polar surface area (TPSA) is 396 Å². The van der Waals surface area contributed by atoms with Gasteiger partial charge in [0.05, 0.1) is 0 Å². The third-order valence-electron chi connectivity index (χ3n) is 4.66. The van der Waals surface area contributed by atoms with Crippen molar-refractivity contribution in [2.75, 3.05) is 0 Å². The Bertz CT molecular complexity index is 1030. The lowest BCUT2D eigenvalue weighted by atomic mass is 10.1. The Labute approximate surface area is 285 Å². The van der Waals surface area contributed by atoms with Gasteiger partial charge < -0.3 is 11.1 Å². The van der Waals surface area contributed by atoms with Crippen LogP contribution in [-0.4, -0.2) is 70.3 Å². The van der Waals surface area contributed by atoms with E-state index in [1.165, 1.54) is 0 Å². The van der Waals surface area contributed by atoms with E-state index in [1.807, 2.05) is 0 Å². The average Bonchev–Trinajstić information content (AvgIpc) is 3.03. The fourth-order valence-corrected chi connectivity index (χ4v) is 2.41. The smallest absolute Gasteiger partial charge is 0.245 e. The SMILES string of the molecule is C=[N+]=[N-].C=[N+]=[N-].CCC(=O)C[C@@H](C)N=[N+]=[N-].CCC(=O)C[C@@H](C)N=[N+]=[N-].CCC(=O)C[C@@H](C)N=[N+]=[N-].CCC(=O)C[C@@H](C)N=[N+]=[N-].[N-]=[N+]=N. The van der Waals surface area contributed by atoms with Crippen molar-refractivity contribution >= 4 is 36.6 Å². The van der Waals surface area contributed by atoms with Crippen molar-refractivity contribution in [2.45, 2.75) is 131 Å². The van der Waals surface area contributed by atoms with E-state index in [-0.39, 0.29) is 47.3 Å². The van der Waals surface area contributed by atoms with Crippen molar-refractivity contribution in [3.05, 3.63) is 63.3 Å². The van der Waals surface area contributed by atoms with Crippen LogP contribution in [-0.2, 0) is 19.2 Å². The first-order chi connectivity index (χ1) is 23.1. The first-order valence-electron chi connectivity index (χ1n) is 14.5. The Morgan fingerprint density at radius 2 is 0.612 bits per heavy atom. The highest BCUT2D eigenvalue weighted by molar-refractivity contribution is 5.79. The van der Waals surface area contributed by atoms with Gasteiger partial charge in [-0.25, -0.2) is 0 Å². The first kappa shape index (κ1) is 58.5. The minimum absolute atomic E-state index is 0.139. The number of nitrogens with zero attached hydrogens (tertiary/aromatic N) is 18. The Kier molecular flexibility index (Phi) is 61.6. The quantitative estimate of drug-likeness (QED) is 0.0715. The minimum atomic E-state index is -0.197. The van der Waals surface area contributed by atoms with Gasteiger partial charge in [0.15, 0.2) is 0 Å². The fraction of sp³-hybridized carbons (Fsp3) is 0.769. The van der Waals surface area contributed by atoms with Gasteiger partial charge in [-0.15, -0.1) is 5.53 Å². The molecule has 0 radical (unpaired) electrons. The number of hydrogen-bond donors (Lipinski definition) is 1. The van der Waals surface area contributed by atoms with Crippen LogP contribution in [0.2, 0.25) is 0 Å². The average molecular weight is 692 g/mol. The Morgan fingerprint density at radius 1 is 0.490 bits per heavy atom. The molecule has 49 heavy (non-hydrogen) atoms. The molecule has 0 aromatic heterocycles. The lowest BCUT2D eigenvalue weighted by molar-refractivity contribution is -0.119. The largest absolute Gasteiger partial charge is 0.362 e. The van der Waals surface area contributed by atoms with Crippen molar-refractivity contribution in [3.8, 4) is 0 Å². The van der Waals surface area contributed by atoms with Crippen LogP contribution in [0.1, 0.15) is 107 Å². The van der Waals surface area contributed by atoms with Crippen LogP contribution in [0.3, 0.4) is 0 Å². The summed E-state index contributed by atoms with van der Waals surface area (Å²) in [5, 5.41) is 13.5. The molecule has 23 nitrogen and oxygen atoms in total. The molecule has 0 aliphatic heterocycles. The van der Waals surface area contributed by atoms with Gasteiger partial charge in [-0.2, -0.15) is 9.58 Å². The maximum atomic E-state index is 10.7. The molecule has 0 rings (SSSR count). The summed E-state index contributed by atoms with van der Waals surface area (Å²) in [7, 11) is 0. The zero-order valence-corrected chi connectivity index (χ0v) is 29.6. The van der Waals surface area contributed by atoms with Crippen LogP contribution >= 0.6 is 0 Å². The zero-order chi connectivity index (χ0) is 40.1. The van der Waals surface area contributed by atoms with E-state index in [1.54, 1.807) is 60.3 Å². The van der Waals surface area contributed by atoms with Crippen molar-refractivity contribution in [2.24, 2.45) is 20.5 Å². The Morgan fingerprint density at radius 3 is 0.694 bits per heavy atom. The van der Waals surface area contributed by atoms with Gasteiger partial charge in [-0.3, -0.25) is 19.2 Å². The molecular weight excluding hydrogens is 642 g/mol. The molecule has 0 unspecified atom stereocenters. The van der Waals surface area contributed by atoms with Gasteiger partial charge in [-0.05, 0) is 32.6 Å². The molecule has 0 aromatic rings. The molecule has 0 saturated carbocycles. The molecule has 0 amide bonds. The van der Waals surface area contributed by atoms with Gasteiger partial charge in [0.2, 0.25) is 13.4 Å². The Hall–Kier alpha value is -6.01. The van der Waals surface area contributed by atoms with Crippen LogP contribution in [0.5, 0.6) is 0 Å². The van der Waals surface area contributed by atoms with E-state index >= 15 is 0 Å². The van der Waals surface area contributed by atoms with Crippen LogP contribution in [0, 0.1) is 5.53 Å². The van der Waals surface area contributed by atoms with Crippen LogP contribution in [0.4, 0.5) is 0 Å². The Balaban J connectivity index is -0.0000000885. The summed E-state index contributed by atoms with van der Waals surface area (Å²) in [6, 6.07) is -0.787. The molecular formula is C26H49N19O4. The number of ketones is 4. The summed E-state index contributed by atoms with van der Waals surface area (Å²) in [4.78, 5) is 59.5. The number of azide groups is 4. The highest BCUT2D eigenvalue weighted by atomic mass is 16.1. The molecule has 23 heteroatoms. The summed E-state index contributed by atoms with van der Waals surface area (Å²) in [5.74, 6) is 0.555. The monoisotopic (exact) mass is 691 g/mol. The molecule has 4 atom stereocenters. The number of carbonyl (C=O) groups excluding carboxylic acids is 4. The highest BCUT2D eigenvalue weighted by Gasteiger charge is 2.05. The van der Waals surface area contributed by atoms with Gasteiger partial charge in [0.25, 0.3) is 0 Å². The van der Waals surface area contributed by atoms with E-state index in [2.05, 4.69) is 63.1 Å².